The first-order valence-corrected chi connectivity index (χ1v) is 12.0. The van der Waals surface area contributed by atoms with Gasteiger partial charge >= 0.3 is 6.18 Å². The topological polar surface area (TPSA) is 84.0 Å². The molecule has 6 nitrogen and oxygen atoms in total. The van der Waals surface area contributed by atoms with Crippen LogP contribution in [0.1, 0.15) is 5.56 Å². The molecular weight excluding hydrogens is 533 g/mol. The molecule has 0 saturated carbocycles. The van der Waals surface area contributed by atoms with E-state index in [4.69, 9.17) is 0 Å². The zero-order valence-electron chi connectivity index (χ0n) is 17.2. The number of rotatable bonds is 6. The second-order valence-electron chi connectivity index (χ2n) is 7.13. The normalized spacial score (nSPS) is 11.8. The van der Waals surface area contributed by atoms with E-state index < -0.39 is 21.8 Å². The van der Waals surface area contributed by atoms with Crippen LogP contribution >= 0.6 is 15.9 Å². The number of halogens is 4. The quantitative estimate of drug-likeness (QED) is 0.288. The molecule has 4 aromatic rings. The van der Waals surface area contributed by atoms with E-state index >= 15 is 0 Å². The van der Waals surface area contributed by atoms with Crippen LogP contribution in [-0.4, -0.2) is 18.4 Å². The summed E-state index contributed by atoms with van der Waals surface area (Å²) in [5.41, 5.74) is 1.00. The summed E-state index contributed by atoms with van der Waals surface area (Å²) >= 11 is 3.27. The van der Waals surface area contributed by atoms with Crippen molar-refractivity contribution in [2.24, 2.45) is 0 Å². The van der Waals surface area contributed by atoms with Crippen molar-refractivity contribution >= 4 is 43.1 Å². The Kier molecular flexibility index (Phi) is 6.58. The van der Waals surface area contributed by atoms with Crippen LogP contribution in [0.2, 0.25) is 0 Å². The fourth-order valence-corrected chi connectivity index (χ4v) is 4.36. The van der Waals surface area contributed by atoms with Crippen LogP contribution in [0.4, 0.5) is 30.4 Å². The van der Waals surface area contributed by atoms with Gasteiger partial charge in [-0.05, 0) is 54.6 Å². The lowest BCUT2D eigenvalue weighted by atomic mass is 10.1. The van der Waals surface area contributed by atoms with E-state index in [9.17, 15) is 21.6 Å². The Morgan fingerprint density at radius 3 is 2.21 bits per heavy atom. The van der Waals surface area contributed by atoms with Gasteiger partial charge in [-0.2, -0.15) is 13.2 Å². The Balaban J connectivity index is 1.50. The maximum atomic E-state index is 12.9. The second kappa shape index (κ2) is 9.43. The van der Waals surface area contributed by atoms with Crippen LogP contribution in [0.25, 0.3) is 11.3 Å². The van der Waals surface area contributed by atoms with E-state index in [1.165, 1.54) is 30.6 Å². The number of benzene rings is 3. The number of aromatic nitrogens is 2. The van der Waals surface area contributed by atoms with Crippen LogP contribution in [0.15, 0.2) is 94.6 Å². The third-order valence-corrected chi connectivity index (χ3v) is 6.61. The average Bonchev–Trinajstić information content (AvgIpc) is 2.79. The van der Waals surface area contributed by atoms with Crippen LogP contribution < -0.4 is 10.0 Å². The maximum Gasteiger partial charge on any atom is 0.416 e. The predicted octanol–water partition coefficient (Wildman–Crippen LogP) is 6.47. The number of nitrogens with one attached hydrogen (secondary N) is 2. The van der Waals surface area contributed by atoms with Gasteiger partial charge in [0.1, 0.15) is 12.1 Å². The van der Waals surface area contributed by atoms with Gasteiger partial charge in [-0.15, -0.1) is 0 Å². The van der Waals surface area contributed by atoms with Gasteiger partial charge in [0.25, 0.3) is 10.0 Å². The van der Waals surface area contributed by atoms with Gasteiger partial charge in [-0.25, -0.2) is 18.4 Å². The highest BCUT2D eigenvalue weighted by atomic mass is 79.9. The molecule has 0 fully saturated rings. The van der Waals surface area contributed by atoms with Crippen LogP contribution in [0.3, 0.4) is 0 Å². The highest BCUT2D eigenvalue weighted by Crippen LogP contribution is 2.31. The molecule has 0 unspecified atom stereocenters. The molecule has 11 heteroatoms. The summed E-state index contributed by atoms with van der Waals surface area (Å²) in [5, 5.41) is 2.84. The van der Waals surface area contributed by atoms with Crippen LogP contribution in [-0.2, 0) is 16.2 Å². The number of sulfonamides is 1. The zero-order valence-corrected chi connectivity index (χ0v) is 19.6. The molecule has 0 aliphatic carbocycles. The molecule has 1 aromatic heterocycles. The molecular formula is C23H16BrF3N4O2S. The second-order valence-corrected chi connectivity index (χ2v) is 9.73. The third kappa shape index (κ3) is 5.72. The Labute approximate surface area is 202 Å². The van der Waals surface area contributed by atoms with E-state index in [0.717, 1.165) is 16.6 Å². The van der Waals surface area contributed by atoms with E-state index in [1.54, 1.807) is 42.5 Å². The van der Waals surface area contributed by atoms with E-state index in [1.807, 2.05) is 0 Å². The van der Waals surface area contributed by atoms with Crippen LogP contribution in [0.5, 0.6) is 0 Å². The summed E-state index contributed by atoms with van der Waals surface area (Å²) in [5.74, 6) is 0.310. The van der Waals surface area contributed by atoms with Crippen molar-refractivity contribution in [1.82, 2.24) is 9.97 Å². The van der Waals surface area contributed by atoms with E-state index in [-0.39, 0.29) is 10.6 Å². The lowest BCUT2D eigenvalue weighted by Gasteiger charge is -2.11. The molecule has 3 aromatic carbocycles. The predicted molar refractivity (Wildman–Crippen MR) is 127 cm³/mol. The van der Waals surface area contributed by atoms with Gasteiger partial charge in [0, 0.05) is 27.5 Å². The van der Waals surface area contributed by atoms with Gasteiger partial charge in [-0.3, -0.25) is 4.72 Å². The summed E-state index contributed by atoms with van der Waals surface area (Å²) in [6.45, 7) is 0. The molecule has 0 aliphatic rings. The van der Waals surface area contributed by atoms with Gasteiger partial charge in [0.15, 0.2) is 0 Å². The van der Waals surface area contributed by atoms with Crippen molar-refractivity contribution in [3.8, 4) is 11.3 Å². The highest BCUT2D eigenvalue weighted by Gasteiger charge is 2.30. The van der Waals surface area contributed by atoms with Gasteiger partial charge < -0.3 is 5.32 Å². The fraction of sp³-hybridized carbons (Fsp3) is 0.0435. The number of hydrogen-bond donors (Lipinski definition) is 2. The Morgan fingerprint density at radius 1 is 0.824 bits per heavy atom. The monoisotopic (exact) mass is 548 g/mol. The number of anilines is 3. The lowest BCUT2D eigenvalue weighted by Crippen LogP contribution is -2.12. The molecule has 0 saturated heterocycles. The molecule has 0 atom stereocenters. The van der Waals surface area contributed by atoms with E-state index in [2.05, 4.69) is 35.9 Å². The fourth-order valence-electron chi connectivity index (χ4n) is 3.04. The molecule has 0 aliphatic heterocycles. The first kappa shape index (κ1) is 23.7. The van der Waals surface area contributed by atoms with Gasteiger partial charge in [0.2, 0.25) is 0 Å². The Hall–Kier alpha value is -3.44. The summed E-state index contributed by atoms with van der Waals surface area (Å²) in [6, 6.07) is 19.2. The summed E-state index contributed by atoms with van der Waals surface area (Å²) in [4.78, 5) is 8.38. The zero-order chi connectivity index (χ0) is 24.3. The van der Waals surface area contributed by atoms with Crippen molar-refractivity contribution < 1.29 is 21.6 Å². The standard InChI is InChI=1S/C23H16BrF3N4O2S/c24-17-6-10-20(11-7-17)34(32,33)31-18-8-4-15(5-9-18)21-13-22(29-14-28-21)30-19-3-1-2-16(12-19)23(25,26)27/h1-14,31H,(H,28,29,30). The highest BCUT2D eigenvalue weighted by molar-refractivity contribution is 9.10. The van der Waals surface area contributed by atoms with Crippen LogP contribution in [0, 0.1) is 0 Å². The molecule has 1 heterocycles. The average molecular weight is 549 g/mol. The SMILES string of the molecule is O=S(=O)(Nc1ccc(-c2cc(Nc3cccc(C(F)(F)F)c3)ncn2)cc1)c1ccc(Br)cc1. The number of alkyl halides is 3. The van der Waals surface area contributed by atoms with Crippen molar-refractivity contribution in [2.75, 3.05) is 10.0 Å². The first-order valence-electron chi connectivity index (χ1n) is 9.75. The Bertz CT molecular complexity index is 1410. The van der Waals surface area contributed by atoms with Crippen molar-refractivity contribution in [3.05, 3.63) is 95.2 Å². The van der Waals surface area contributed by atoms with E-state index in [0.29, 0.717) is 22.8 Å². The largest absolute Gasteiger partial charge is 0.416 e. The smallest absolute Gasteiger partial charge is 0.340 e. The molecule has 174 valence electrons. The van der Waals surface area contributed by atoms with Gasteiger partial charge in [-0.1, -0.05) is 34.1 Å². The minimum Gasteiger partial charge on any atom is -0.340 e. The molecule has 0 amide bonds. The van der Waals surface area contributed by atoms with Crippen molar-refractivity contribution in [3.63, 3.8) is 0 Å². The molecule has 2 N–H and O–H groups in total. The van der Waals surface area contributed by atoms with Gasteiger partial charge in [0.05, 0.1) is 16.2 Å². The Morgan fingerprint density at radius 2 is 1.53 bits per heavy atom. The minimum absolute atomic E-state index is 0.126. The summed E-state index contributed by atoms with van der Waals surface area (Å²) in [6.07, 6.45) is -3.16. The lowest BCUT2D eigenvalue weighted by molar-refractivity contribution is -0.137. The molecule has 34 heavy (non-hydrogen) atoms. The summed E-state index contributed by atoms with van der Waals surface area (Å²) < 4.78 is 67.2. The third-order valence-electron chi connectivity index (χ3n) is 4.69. The number of hydrogen-bond acceptors (Lipinski definition) is 5. The minimum atomic E-state index is -4.45. The summed E-state index contributed by atoms with van der Waals surface area (Å²) in [7, 11) is -3.75. The molecule has 0 bridgehead atoms. The first-order chi connectivity index (χ1) is 16.1. The molecule has 0 spiro atoms. The molecule has 4 rings (SSSR count). The number of nitrogens with zero attached hydrogens (tertiary/aromatic N) is 2. The van der Waals surface area contributed by atoms with Crippen molar-refractivity contribution in [2.45, 2.75) is 11.1 Å². The maximum absolute atomic E-state index is 12.9. The van der Waals surface area contributed by atoms with Crippen molar-refractivity contribution in [1.29, 1.82) is 0 Å². The molecule has 0 radical (unpaired) electrons.